The van der Waals surface area contributed by atoms with Gasteiger partial charge >= 0.3 is 5.97 Å². The molecule has 5 aromatic rings. The highest BCUT2D eigenvalue weighted by Gasteiger charge is 2.44. The Bertz CT molecular complexity index is 1900. The summed E-state index contributed by atoms with van der Waals surface area (Å²) in [5.74, 6) is -2.51. The molecule has 4 heterocycles. The molecule has 8 nitrogen and oxygen atoms in total. The van der Waals surface area contributed by atoms with E-state index in [1.165, 1.54) is 26.8 Å². The van der Waals surface area contributed by atoms with Crippen LogP contribution in [0.25, 0.3) is 28.3 Å². The van der Waals surface area contributed by atoms with Crippen molar-refractivity contribution in [2.24, 2.45) is 5.92 Å². The number of carbonyl (C=O) groups excluding carboxylic acids is 1. The second-order valence-corrected chi connectivity index (χ2v) is 11.9. The maximum absolute atomic E-state index is 15.3. The molecule has 0 bridgehead atoms. The number of hydrogen-bond donors (Lipinski definition) is 1. The largest absolute Gasteiger partial charge is 0.481 e. The quantitative estimate of drug-likeness (QED) is 0.257. The Morgan fingerprint density at radius 1 is 1.05 bits per heavy atom. The molecule has 7 rings (SSSR count). The molecule has 1 amide bonds. The van der Waals surface area contributed by atoms with Crippen molar-refractivity contribution in [1.29, 1.82) is 0 Å². The third-order valence-electron chi connectivity index (χ3n) is 8.20. The molecule has 11 heteroatoms. The van der Waals surface area contributed by atoms with Crippen molar-refractivity contribution in [3.8, 4) is 22.6 Å². The number of alkyl halides is 1. The second-order valence-electron chi connectivity index (χ2n) is 10.8. The van der Waals surface area contributed by atoms with Gasteiger partial charge < -0.3 is 10.0 Å². The van der Waals surface area contributed by atoms with Gasteiger partial charge in [-0.3, -0.25) is 9.59 Å². The van der Waals surface area contributed by atoms with E-state index in [0.717, 1.165) is 10.6 Å². The van der Waals surface area contributed by atoms with Crippen molar-refractivity contribution in [3.63, 3.8) is 0 Å². The van der Waals surface area contributed by atoms with Gasteiger partial charge in [0, 0.05) is 17.0 Å². The highest BCUT2D eigenvalue weighted by molar-refractivity contribution is 7.09. The van der Waals surface area contributed by atoms with E-state index in [1.807, 2.05) is 31.4 Å². The van der Waals surface area contributed by atoms with Crippen LogP contribution in [0, 0.1) is 18.7 Å². The van der Waals surface area contributed by atoms with E-state index in [-0.39, 0.29) is 29.8 Å². The van der Waals surface area contributed by atoms with Crippen molar-refractivity contribution in [3.05, 3.63) is 93.2 Å². The standard InChI is InChI=1S/C31H25F2N5O3S/c1-15-18-5-3-4-6-19(18)24(33)13-37(15)30(39)26-11-28(27-14-42-16(2)34-27)38-29(35-26)12-25(36-38)20-8-7-17(9-23(20)32)21-10-22(21)31(40)41/h3-9,11-12,14-15,21-22,24H,10,13H2,1-2H3,(H,40,41)/t15-,21-,22+,24?/m1/s1. The summed E-state index contributed by atoms with van der Waals surface area (Å²) in [4.78, 5) is 35.8. The average Bonchev–Trinajstić information content (AvgIpc) is 3.50. The molecule has 0 spiro atoms. The molecule has 1 aliphatic carbocycles. The van der Waals surface area contributed by atoms with Gasteiger partial charge in [-0.25, -0.2) is 23.3 Å². The average molecular weight is 586 g/mol. The lowest BCUT2D eigenvalue weighted by atomic mass is 9.92. The summed E-state index contributed by atoms with van der Waals surface area (Å²) in [6, 6.07) is 14.7. The number of halogens is 2. The predicted octanol–water partition coefficient (Wildman–Crippen LogP) is 6.38. The molecule has 1 fully saturated rings. The molecule has 4 atom stereocenters. The minimum absolute atomic E-state index is 0.0964. The molecule has 212 valence electrons. The van der Waals surface area contributed by atoms with E-state index in [0.29, 0.717) is 40.3 Å². The van der Waals surface area contributed by atoms with Crippen molar-refractivity contribution in [2.45, 2.75) is 38.4 Å². The van der Waals surface area contributed by atoms with Crippen LogP contribution in [0.1, 0.15) is 63.7 Å². The number of amides is 1. The number of benzene rings is 2. The molecule has 2 aromatic carbocycles. The molecule has 1 N–H and O–H groups in total. The van der Waals surface area contributed by atoms with Crippen LogP contribution < -0.4 is 0 Å². The first-order valence-corrected chi connectivity index (χ1v) is 14.5. The van der Waals surface area contributed by atoms with E-state index in [4.69, 9.17) is 0 Å². The first kappa shape index (κ1) is 26.4. The molecular formula is C31H25F2N5O3S. The summed E-state index contributed by atoms with van der Waals surface area (Å²) in [5.41, 5.74) is 4.02. The van der Waals surface area contributed by atoms with Crippen LogP contribution in [0.2, 0.25) is 0 Å². The lowest BCUT2D eigenvalue weighted by molar-refractivity contribution is -0.138. The zero-order valence-corrected chi connectivity index (χ0v) is 23.5. The van der Waals surface area contributed by atoms with E-state index < -0.39 is 29.8 Å². The fourth-order valence-corrected chi connectivity index (χ4v) is 6.47. The first-order chi connectivity index (χ1) is 20.2. The first-order valence-electron chi connectivity index (χ1n) is 13.6. The monoisotopic (exact) mass is 585 g/mol. The van der Waals surface area contributed by atoms with Crippen LogP contribution in [0.3, 0.4) is 0 Å². The number of fused-ring (bicyclic) bond motifs is 2. The molecule has 1 saturated carbocycles. The van der Waals surface area contributed by atoms with Crippen LogP contribution in [0.4, 0.5) is 8.78 Å². The van der Waals surface area contributed by atoms with Gasteiger partial charge in [-0.15, -0.1) is 11.3 Å². The van der Waals surface area contributed by atoms with Crippen molar-refractivity contribution < 1.29 is 23.5 Å². The minimum atomic E-state index is -1.32. The Balaban J connectivity index is 1.29. The molecular weight excluding hydrogens is 560 g/mol. The van der Waals surface area contributed by atoms with Crippen molar-refractivity contribution >= 4 is 28.9 Å². The van der Waals surface area contributed by atoms with Crippen LogP contribution in [-0.2, 0) is 4.79 Å². The van der Waals surface area contributed by atoms with Crippen LogP contribution in [-0.4, -0.2) is 48.0 Å². The van der Waals surface area contributed by atoms with Gasteiger partial charge in [-0.1, -0.05) is 30.3 Å². The summed E-state index contributed by atoms with van der Waals surface area (Å²) in [6.07, 6.45) is -0.830. The number of rotatable bonds is 5. The number of carboxylic acid groups (broad SMARTS) is 1. The number of aliphatic carboxylic acids is 1. The minimum Gasteiger partial charge on any atom is -0.481 e. The molecule has 0 saturated heterocycles. The Morgan fingerprint density at radius 3 is 2.52 bits per heavy atom. The van der Waals surface area contributed by atoms with E-state index in [2.05, 4.69) is 15.1 Å². The Labute approximate surface area is 243 Å². The van der Waals surface area contributed by atoms with E-state index in [9.17, 15) is 14.7 Å². The highest BCUT2D eigenvalue weighted by Crippen LogP contribution is 2.48. The number of nitrogens with zero attached hydrogens (tertiary/aromatic N) is 5. The van der Waals surface area contributed by atoms with Crippen molar-refractivity contribution in [1.82, 2.24) is 24.5 Å². The van der Waals surface area contributed by atoms with Gasteiger partial charge in [0.2, 0.25) is 0 Å². The zero-order chi connectivity index (χ0) is 29.3. The number of carboxylic acids is 1. The number of thiazole rings is 1. The molecule has 1 aliphatic heterocycles. The summed E-state index contributed by atoms with van der Waals surface area (Å²) in [5, 5.41) is 16.5. The number of carbonyl (C=O) groups is 2. The maximum atomic E-state index is 15.3. The molecule has 2 aliphatic rings. The molecule has 42 heavy (non-hydrogen) atoms. The number of aryl methyl sites for hydroxylation is 1. The predicted molar refractivity (Wildman–Crippen MR) is 152 cm³/mol. The van der Waals surface area contributed by atoms with Gasteiger partial charge in [-0.2, -0.15) is 5.10 Å². The SMILES string of the molecule is Cc1nc(-c2cc(C(=O)N3CC(F)c4ccccc4[C@H]3C)nc3cc(-c4ccc([C@H]5C[C@@H]5C(=O)O)cc4F)nn23)cs1. The van der Waals surface area contributed by atoms with Gasteiger partial charge in [-0.05, 0) is 61.1 Å². The fraction of sp³-hybridized carbons (Fsp3) is 0.258. The fourth-order valence-electron chi connectivity index (χ4n) is 5.86. The maximum Gasteiger partial charge on any atom is 0.307 e. The van der Waals surface area contributed by atoms with E-state index in [1.54, 1.807) is 36.4 Å². The zero-order valence-electron chi connectivity index (χ0n) is 22.7. The van der Waals surface area contributed by atoms with Gasteiger partial charge in [0.15, 0.2) is 5.65 Å². The summed E-state index contributed by atoms with van der Waals surface area (Å²) in [6.45, 7) is 3.64. The number of hydrogen-bond acceptors (Lipinski definition) is 6. The number of aromatic nitrogens is 4. The lowest BCUT2D eigenvalue weighted by Gasteiger charge is -2.36. The highest BCUT2D eigenvalue weighted by atomic mass is 32.1. The van der Waals surface area contributed by atoms with Gasteiger partial charge in [0.05, 0.1) is 34.9 Å². The van der Waals surface area contributed by atoms with Crippen LogP contribution >= 0.6 is 11.3 Å². The normalized spacial score (nSPS) is 21.4. The summed E-state index contributed by atoms with van der Waals surface area (Å²) < 4.78 is 32.0. The Morgan fingerprint density at radius 2 is 1.83 bits per heavy atom. The van der Waals surface area contributed by atoms with Gasteiger partial charge in [0.25, 0.3) is 5.91 Å². The second kappa shape index (κ2) is 9.80. The van der Waals surface area contributed by atoms with Crippen LogP contribution in [0.5, 0.6) is 0 Å². The van der Waals surface area contributed by atoms with Gasteiger partial charge in [0.1, 0.15) is 23.4 Å². The third kappa shape index (κ3) is 4.35. The van der Waals surface area contributed by atoms with E-state index >= 15 is 8.78 Å². The lowest BCUT2D eigenvalue weighted by Crippen LogP contribution is -2.40. The molecule has 0 radical (unpaired) electrons. The smallest absolute Gasteiger partial charge is 0.307 e. The Kier molecular flexibility index (Phi) is 6.16. The van der Waals surface area contributed by atoms with Crippen LogP contribution in [0.15, 0.2) is 60.0 Å². The Hall–Kier alpha value is -4.51. The molecule has 3 aromatic heterocycles. The summed E-state index contributed by atoms with van der Waals surface area (Å²) in [7, 11) is 0. The van der Waals surface area contributed by atoms with Crippen molar-refractivity contribution in [2.75, 3.05) is 6.54 Å². The molecule has 1 unspecified atom stereocenters. The topological polar surface area (TPSA) is 101 Å². The summed E-state index contributed by atoms with van der Waals surface area (Å²) >= 11 is 1.44. The third-order valence-corrected chi connectivity index (χ3v) is 8.98.